The van der Waals surface area contributed by atoms with Gasteiger partial charge in [0.1, 0.15) is 4.88 Å². The number of carbonyl (C=O) groups excluding carboxylic acids is 2. The normalized spacial score (nSPS) is 17.7. The van der Waals surface area contributed by atoms with Crippen LogP contribution in [0.15, 0.2) is 24.3 Å². The summed E-state index contributed by atoms with van der Waals surface area (Å²) in [7, 11) is 0. The molecule has 0 saturated carbocycles. The Hall–Kier alpha value is -2.62. The SMILES string of the molecule is Cc1nc(N2CC(C)N(Cc3ccc(C(F)(F)F)cc3)C2=O)sc1C(N)=O. The van der Waals surface area contributed by atoms with Gasteiger partial charge in [0.2, 0.25) is 0 Å². The molecule has 1 aromatic heterocycles. The van der Waals surface area contributed by atoms with E-state index in [1.165, 1.54) is 17.0 Å². The molecule has 1 saturated heterocycles. The van der Waals surface area contributed by atoms with Gasteiger partial charge >= 0.3 is 12.2 Å². The first-order chi connectivity index (χ1) is 12.6. The second-order valence-corrected chi connectivity index (χ2v) is 7.32. The van der Waals surface area contributed by atoms with E-state index < -0.39 is 17.6 Å². The van der Waals surface area contributed by atoms with Gasteiger partial charge in [-0.05, 0) is 31.5 Å². The van der Waals surface area contributed by atoms with Crippen LogP contribution in [0, 0.1) is 6.92 Å². The van der Waals surface area contributed by atoms with Gasteiger partial charge in [-0.1, -0.05) is 23.5 Å². The van der Waals surface area contributed by atoms with E-state index in [1.807, 2.05) is 6.92 Å². The maximum atomic E-state index is 12.8. The van der Waals surface area contributed by atoms with Crippen molar-refractivity contribution in [2.45, 2.75) is 32.6 Å². The van der Waals surface area contributed by atoms with E-state index >= 15 is 0 Å². The standard InChI is InChI=1S/C17H17F3N4O2S/c1-9-7-24(15-22-10(2)13(27-15)14(21)25)16(26)23(9)8-11-3-5-12(6-4-11)17(18,19)20/h3-6,9H,7-8H2,1-2H3,(H2,21,25). The van der Waals surface area contributed by atoms with Crippen LogP contribution in [0.25, 0.3) is 0 Å². The Morgan fingerprint density at radius 1 is 1.33 bits per heavy atom. The fourth-order valence-corrected chi connectivity index (χ4v) is 3.81. The number of thiazole rings is 1. The topological polar surface area (TPSA) is 79.5 Å². The minimum absolute atomic E-state index is 0.166. The lowest BCUT2D eigenvalue weighted by molar-refractivity contribution is -0.137. The molecule has 3 amide bonds. The lowest BCUT2D eigenvalue weighted by atomic mass is 10.1. The number of aryl methyl sites for hydroxylation is 1. The largest absolute Gasteiger partial charge is 0.416 e. The highest BCUT2D eigenvalue weighted by atomic mass is 32.1. The zero-order chi connectivity index (χ0) is 19.9. The van der Waals surface area contributed by atoms with E-state index in [9.17, 15) is 22.8 Å². The molecule has 2 heterocycles. The summed E-state index contributed by atoms with van der Waals surface area (Å²) < 4.78 is 38.0. The number of aromatic nitrogens is 1. The van der Waals surface area contributed by atoms with E-state index in [0.717, 1.165) is 23.5 Å². The molecule has 2 aromatic rings. The Kier molecular flexibility index (Phi) is 4.85. The third-order valence-electron chi connectivity index (χ3n) is 4.33. The zero-order valence-corrected chi connectivity index (χ0v) is 15.4. The van der Waals surface area contributed by atoms with E-state index in [-0.39, 0.29) is 18.6 Å². The van der Waals surface area contributed by atoms with Crippen molar-refractivity contribution in [3.05, 3.63) is 46.0 Å². The number of amides is 3. The Bertz CT molecular complexity index is 879. The van der Waals surface area contributed by atoms with Crippen molar-refractivity contribution in [2.75, 3.05) is 11.4 Å². The summed E-state index contributed by atoms with van der Waals surface area (Å²) in [5.74, 6) is -0.599. The molecule has 2 N–H and O–H groups in total. The van der Waals surface area contributed by atoms with Crippen LogP contribution < -0.4 is 10.6 Å². The molecule has 3 rings (SSSR count). The number of halogens is 3. The van der Waals surface area contributed by atoms with Crippen LogP contribution in [0.4, 0.5) is 23.1 Å². The van der Waals surface area contributed by atoms with Crippen LogP contribution in [0.2, 0.25) is 0 Å². The molecule has 1 aromatic carbocycles. The van der Waals surface area contributed by atoms with Crippen molar-refractivity contribution in [3.8, 4) is 0 Å². The predicted octanol–water partition coefficient (Wildman–Crippen LogP) is 3.40. The number of rotatable bonds is 4. The molecular weight excluding hydrogens is 381 g/mol. The Labute approximate surface area is 157 Å². The first kappa shape index (κ1) is 19.2. The highest BCUT2D eigenvalue weighted by molar-refractivity contribution is 7.17. The van der Waals surface area contributed by atoms with Crippen LogP contribution in [0.3, 0.4) is 0 Å². The molecule has 0 spiro atoms. The summed E-state index contributed by atoms with van der Waals surface area (Å²) in [5.41, 5.74) is 5.63. The second-order valence-electron chi connectivity index (χ2n) is 6.34. The van der Waals surface area contributed by atoms with Crippen molar-refractivity contribution in [3.63, 3.8) is 0 Å². The summed E-state index contributed by atoms with van der Waals surface area (Å²) in [6.45, 7) is 4.04. The molecule has 1 fully saturated rings. The number of nitrogens with two attached hydrogens (primary N) is 1. The number of alkyl halides is 3. The Balaban J connectivity index is 1.77. The maximum Gasteiger partial charge on any atom is 0.416 e. The molecule has 144 valence electrons. The van der Waals surface area contributed by atoms with Gasteiger partial charge in [0, 0.05) is 12.6 Å². The summed E-state index contributed by atoms with van der Waals surface area (Å²) >= 11 is 1.05. The molecule has 0 bridgehead atoms. The summed E-state index contributed by atoms with van der Waals surface area (Å²) in [6, 6.07) is 4.26. The molecule has 1 unspecified atom stereocenters. The van der Waals surface area contributed by atoms with Gasteiger partial charge in [-0.15, -0.1) is 0 Å². The Morgan fingerprint density at radius 3 is 2.48 bits per heavy atom. The average Bonchev–Trinajstić information content (AvgIpc) is 3.09. The smallest absolute Gasteiger partial charge is 0.365 e. The van der Waals surface area contributed by atoms with Crippen molar-refractivity contribution < 1.29 is 22.8 Å². The average molecular weight is 398 g/mol. The van der Waals surface area contributed by atoms with Gasteiger partial charge in [0.05, 0.1) is 17.8 Å². The highest BCUT2D eigenvalue weighted by Gasteiger charge is 2.37. The van der Waals surface area contributed by atoms with Gasteiger partial charge < -0.3 is 10.6 Å². The zero-order valence-electron chi connectivity index (χ0n) is 14.6. The summed E-state index contributed by atoms with van der Waals surface area (Å²) in [5, 5.41) is 0.382. The maximum absolute atomic E-state index is 12.8. The van der Waals surface area contributed by atoms with E-state index in [0.29, 0.717) is 27.8 Å². The number of primary amides is 1. The number of hydrogen-bond acceptors (Lipinski definition) is 4. The predicted molar refractivity (Wildman–Crippen MR) is 94.6 cm³/mol. The highest BCUT2D eigenvalue weighted by Crippen LogP contribution is 2.32. The van der Waals surface area contributed by atoms with E-state index in [1.54, 1.807) is 11.8 Å². The quantitative estimate of drug-likeness (QED) is 0.857. The number of hydrogen-bond donors (Lipinski definition) is 1. The minimum Gasteiger partial charge on any atom is -0.365 e. The fourth-order valence-electron chi connectivity index (χ4n) is 2.89. The van der Waals surface area contributed by atoms with Crippen LogP contribution in [0.1, 0.15) is 33.4 Å². The minimum atomic E-state index is -4.40. The number of nitrogens with zero attached hydrogens (tertiary/aromatic N) is 3. The first-order valence-corrected chi connectivity index (χ1v) is 8.91. The summed E-state index contributed by atoms with van der Waals surface area (Å²) in [6.07, 6.45) is -4.40. The number of benzene rings is 1. The van der Waals surface area contributed by atoms with Crippen LogP contribution >= 0.6 is 11.3 Å². The van der Waals surface area contributed by atoms with Crippen molar-refractivity contribution in [1.29, 1.82) is 0 Å². The molecule has 1 aliphatic heterocycles. The van der Waals surface area contributed by atoms with Gasteiger partial charge in [0.15, 0.2) is 5.13 Å². The van der Waals surface area contributed by atoms with Gasteiger partial charge in [-0.25, -0.2) is 9.78 Å². The van der Waals surface area contributed by atoms with Crippen molar-refractivity contribution in [1.82, 2.24) is 9.88 Å². The van der Waals surface area contributed by atoms with Crippen molar-refractivity contribution >= 4 is 28.4 Å². The lowest BCUT2D eigenvalue weighted by Gasteiger charge is -2.20. The van der Waals surface area contributed by atoms with Crippen LogP contribution in [0.5, 0.6) is 0 Å². The molecule has 6 nitrogen and oxygen atoms in total. The van der Waals surface area contributed by atoms with E-state index in [2.05, 4.69) is 4.98 Å². The van der Waals surface area contributed by atoms with Crippen LogP contribution in [-0.2, 0) is 12.7 Å². The molecule has 1 aliphatic rings. The van der Waals surface area contributed by atoms with E-state index in [4.69, 9.17) is 5.73 Å². The molecule has 27 heavy (non-hydrogen) atoms. The molecule has 1 atom stereocenters. The molecular formula is C17H17F3N4O2S. The number of carbonyl (C=O) groups is 2. The van der Waals surface area contributed by atoms with Gasteiger partial charge in [0.25, 0.3) is 5.91 Å². The fraction of sp³-hybridized carbons (Fsp3) is 0.353. The lowest BCUT2D eigenvalue weighted by Crippen LogP contribution is -2.33. The second kappa shape index (κ2) is 6.84. The number of anilines is 1. The molecule has 0 radical (unpaired) electrons. The Morgan fingerprint density at radius 2 is 1.96 bits per heavy atom. The molecule has 10 heteroatoms. The summed E-state index contributed by atoms with van der Waals surface area (Å²) in [4.78, 5) is 31.7. The van der Waals surface area contributed by atoms with Crippen molar-refractivity contribution in [2.24, 2.45) is 5.73 Å². The number of urea groups is 1. The van der Waals surface area contributed by atoms with Gasteiger partial charge in [-0.3, -0.25) is 9.69 Å². The third kappa shape index (κ3) is 3.75. The van der Waals surface area contributed by atoms with Crippen LogP contribution in [-0.4, -0.2) is 34.4 Å². The first-order valence-electron chi connectivity index (χ1n) is 8.09. The molecule has 0 aliphatic carbocycles. The van der Waals surface area contributed by atoms with Gasteiger partial charge in [-0.2, -0.15) is 13.2 Å². The third-order valence-corrected chi connectivity index (χ3v) is 5.52. The monoisotopic (exact) mass is 398 g/mol.